The first-order chi connectivity index (χ1) is 10.0. The fourth-order valence-electron chi connectivity index (χ4n) is 2.80. The Morgan fingerprint density at radius 3 is 2.71 bits per heavy atom. The molecule has 1 amide bonds. The fraction of sp³-hybridized carbons (Fsp3) is 0.500. The molecule has 2 atom stereocenters. The number of amides is 1. The number of esters is 1. The number of hydrogen-bond acceptors (Lipinski definition) is 3. The van der Waals surface area contributed by atoms with Gasteiger partial charge in [0.25, 0.3) is 0 Å². The predicted octanol–water partition coefficient (Wildman–Crippen LogP) is 3.68. The number of hydrogen-bond donors (Lipinski definition) is 1. The Balaban J connectivity index is 2.06. The number of halogens is 1. The number of anilines is 1. The molecule has 1 aromatic rings. The number of benzene rings is 1. The number of ether oxygens (including phenoxy) is 1. The van der Waals surface area contributed by atoms with E-state index < -0.39 is 0 Å². The third kappa shape index (κ3) is 3.84. The molecule has 0 aliphatic heterocycles. The number of carbonyl (C=O) groups is 2. The summed E-state index contributed by atoms with van der Waals surface area (Å²) in [5.74, 6) is -0.925. The van der Waals surface area contributed by atoms with Crippen LogP contribution < -0.4 is 5.32 Å². The normalized spacial score (nSPS) is 21.1. The van der Waals surface area contributed by atoms with Crippen molar-refractivity contribution in [2.75, 3.05) is 11.9 Å². The molecule has 0 bridgehead atoms. The van der Waals surface area contributed by atoms with E-state index in [0.29, 0.717) is 6.61 Å². The van der Waals surface area contributed by atoms with Gasteiger partial charge in [-0.15, -0.1) is 0 Å². The number of rotatable bonds is 4. The zero-order valence-electron chi connectivity index (χ0n) is 12.3. The summed E-state index contributed by atoms with van der Waals surface area (Å²) in [4.78, 5) is 24.4. The average molecular weight is 354 g/mol. The van der Waals surface area contributed by atoms with Crippen LogP contribution in [0.3, 0.4) is 0 Å². The summed E-state index contributed by atoms with van der Waals surface area (Å²) in [6, 6.07) is 5.71. The molecule has 1 aliphatic carbocycles. The van der Waals surface area contributed by atoms with E-state index >= 15 is 0 Å². The highest BCUT2D eigenvalue weighted by molar-refractivity contribution is 9.10. The Bertz CT molecular complexity index is 544. The highest BCUT2D eigenvalue weighted by Gasteiger charge is 2.38. The lowest BCUT2D eigenvalue weighted by Crippen LogP contribution is -2.31. The second kappa shape index (κ2) is 7.07. The summed E-state index contributed by atoms with van der Waals surface area (Å²) in [5.41, 5.74) is 1.78. The SMILES string of the molecule is CCOC(=O)C1CCCC1C(=O)Nc1ccc(Br)cc1C. The maximum atomic E-state index is 12.4. The van der Waals surface area contributed by atoms with E-state index in [-0.39, 0.29) is 23.7 Å². The lowest BCUT2D eigenvalue weighted by Gasteiger charge is -2.18. The van der Waals surface area contributed by atoms with E-state index in [1.54, 1.807) is 6.92 Å². The highest BCUT2D eigenvalue weighted by Crippen LogP contribution is 2.34. The van der Waals surface area contributed by atoms with Crippen LogP contribution in [0.2, 0.25) is 0 Å². The van der Waals surface area contributed by atoms with Gasteiger partial charge in [0, 0.05) is 10.2 Å². The molecule has 114 valence electrons. The van der Waals surface area contributed by atoms with Crippen molar-refractivity contribution < 1.29 is 14.3 Å². The van der Waals surface area contributed by atoms with E-state index in [1.165, 1.54) is 0 Å². The van der Waals surface area contributed by atoms with Crippen LogP contribution in [0.4, 0.5) is 5.69 Å². The van der Waals surface area contributed by atoms with Gasteiger partial charge >= 0.3 is 5.97 Å². The van der Waals surface area contributed by atoms with Gasteiger partial charge in [-0.2, -0.15) is 0 Å². The minimum atomic E-state index is -0.305. The first-order valence-electron chi connectivity index (χ1n) is 7.26. The summed E-state index contributed by atoms with van der Waals surface area (Å²) in [5, 5.41) is 2.94. The van der Waals surface area contributed by atoms with Gasteiger partial charge in [0.2, 0.25) is 5.91 Å². The van der Waals surface area contributed by atoms with E-state index in [9.17, 15) is 9.59 Å². The first-order valence-corrected chi connectivity index (χ1v) is 8.06. The molecule has 1 fully saturated rings. The topological polar surface area (TPSA) is 55.4 Å². The molecule has 0 spiro atoms. The van der Waals surface area contributed by atoms with E-state index in [0.717, 1.165) is 35.0 Å². The third-order valence-corrected chi connectivity index (χ3v) is 4.38. The summed E-state index contributed by atoms with van der Waals surface area (Å²) < 4.78 is 6.05. The minimum absolute atomic E-state index is 0.0871. The van der Waals surface area contributed by atoms with Crippen LogP contribution in [0.5, 0.6) is 0 Å². The fourth-order valence-corrected chi connectivity index (χ4v) is 3.27. The minimum Gasteiger partial charge on any atom is -0.466 e. The lowest BCUT2D eigenvalue weighted by atomic mass is 9.95. The summed E-state index contributed by atoms with van der Waals surface area (Å²) in [7, 11) is 0. The summed E-state index contributed by atoms with van der Waals surface area (Å²) in [6.07, 6.45) is 2.36. The second-order valence-electron chi connectivity index (χ2n) is 5.34. The monoisotopic (exact) mass is 353 g/mol. The maximum Gasteiger partial charge on any atom is 0.309 e. The Morgan fingerprint density at radius 1 is 1.33 bits per heavy atom. The molecule has 1 aliphatic rings. The van der Waals surface area contributed by atoms with Gasteiger partial charge in [-0.05, 0) is 50.5 Å². The van der Waals surface area contributed by atoms with Crippen LogP contribution in [0.1, 0.15) is 31.7 Å². The summed E-state index contributed by atoms with van der Waals surface area (Å²) >= 11 is 3.40. The molecule has 21 heavy (non-hydrogen) atoms. The molecule has 0 radical (unpaired) electrons. The average Bonchev–Trinajstić information content (AvgIpc) is 2.91. The van der Waals surface area contributed by atoms with Crippen LogP contribution in [-0.2, 0) is 14.3 Å². The molecular weight excluding hydrogens is 334 g/mol. The maximum absolute atomic E-state index is 12.4. The molecule has 0 saturated heterocycles. The summed E-state index contributed by atoms with van der Waals surface area (Å²) in [6.45, 7) is 4.08. The van der Waals surface area contributed by atoms with E-state index in [2.05, 4.69) is 21.2 Å². The van der Waals surface area contributed by atoms with Crippen LogP contribution >= 0.6 is 15.9 Å². The molecule has 1 N–H and O–H groups in total. The molecule has 4 nitrogen and oxygen atoms in total. The zero-order valence-corrected chi connectivity index (χ0v) is 13.9. The van der Waals surface area contributed by atoms with Crippen molar-refractivity contribution in [1.82, 2.24) is 0 Å². The van der Waals surface area contributed by atoms with Crippen molar-refractivity contribution in [2.24, 2.45) is 11.8 Å². The molecule has 0 heterocycles. The number of aryl methyl sites for hydroxylation is 1. The quantitative estimate of drug-likeness (QED) is 0.840. The van der Waals surface area contributed by atoms with Crippen molar-refractivity contribution in [3.8, 4) is 0 Å². The smallest absolute Gasteiger partial charge is 0.309 e. The van der Waals surface area contributed by atoms with Gasteiger partial charge in [0.15, 0.2) is 0 Å². The van der Waals surface area contributed by atoms with E-state index in [1.807, 2.05) is 25.1 Å². The number of carbonyl (C=O) groups excluding carboxylic acids is 2. The van der Waals surface area contributed by atoms with Gasteiger partial charge in [-0.25, -0.2) is 0 Å². The Morgan fingerprint density at radius 2 is 2.05 bits per heavy atom. The first kappa shape index (κ1) is 16.0. The van der Waals surface area contributed by atoms with Crippen molar-refractivity contribution in [3.63, 3.8) is 0 Å². The highest BCUT2D eigenvalue weighted by atomic mass is 79.9. The molecule has 5 heteroatoms. The Labute approximate surface area is 133 Å². The third-order valence-electron chi connectivity index (χ3n) is 3.89. The van der Waals surface area contributed by atoms with Crippen molar-refractivity contribution in [1.29, 1.82) is 0 Å². The Kier molecular flexibility index (Phi) is 5.39. The molecular formula is C16H20BrNO3. The number of nitrogens with one attached hydrogen (secondary N) is 1. The van der Waals surface area contributed by atoms with Gasteiger partial charge in [0.05, 0.1) is 18.4 Å². The zero-order chi connectivity index (χ0) is 15.4. The second-order valence-corrected chi connectivity index (χ2v) is 6.26. The van der Waals surface area contributed by atoms with Crippen molar-refractivity contribution >= 4 is 33.5 Å². The van der Waals surface area contributed by atoms with E-state index in [4.69, 9.17) is 4.74 Å². The van der Waals surface area contributed by atoms with Crippen molar-refractivity contribution in [2.45, 2.75) is 33.1 Å². The van der Waals surface area contributed by atoms with Gasteiger partial charge in [-0.1, -0.05) is 22.4 Å². The molecule has 2 unspecified atom stereocenters. The van der Waals surface area contributed by atoms with Crippen LogP contribution in [0, 0.1) is 18.8 Å². The van der Waals surface area contributed by atoms with Gasteiger partial charge in [-0.3, -0.25) is 9.59 Å². The van der Waals surface area contributed by atoms with Gasteiger partial charge < -0.3 is 10.1 Å². The molecule has 2 rings (SSSR count). The van der Waals surface area contributed by atoms with Crippen LogP contribution in [0.25, 0.3) is 0 Å². The predicted molar refractivity (Wildman–Crippen MR) is 85.0 cm³/mol. The van der Waals surface area contributed by atoms with Crippen molar-refractivity contribution in [3.05, 3.63) is 28.2 Å². The molecule has 0 aromatic heterocycles. The largest absolute Gasteiger partial charge is 0.466 e. The Hall–Kier alpha value is -1.36. The van der Waals surface area contributed by atoms with Crippen LogP contribution in [0.15, 0.2) is 22.7 Å². The molecule has 1 aromatic carbocycles. The van der Waals surface area contributed by atoms with Gasteiger partial charge in [0.1, 0.15) is 0 Å². The molecule has 1 saturated carbocycles. The standard InChI is InChI=1S/C16H20BrNO3/c1-3-21-16(20)13-6-4-5-12(13)15(19)18-14-8-7-11(17)9-10(14)2/h7-9,12-13H,3-6H2,1-2H3,(H,18,19). The van der Waals surface area contributed by atoms with Crippen LogP contribution in [-0.4, -0.2) is 18.5 Å². The lowest BCUT2D eigenvalue weighted by molar-refractivity contribution is -0.151.